The van der Waals surface area contributed by atoms with E-state index < -0.39 is 5.60 Å². The maximum Gasteiger partial charge on any atom is 0.218 e. The van der Waals surface area contributed by atoms with E-state index in [0.29, 0.717) is 6.42 Å². The van der Waals surface area contributed by atoms with Crippen molar-refractivity contribution in [3.8, 4) is 11.1 Å². The maximum atomic E-state index is 6.80. The van der Waals surface area contributed by atoms with E-state index in [-0.39, 0.29) is 5.41 Å². The van der Waals surface area contributed by atoms with Crippen molar-refractivity contribution >= 4 is 27.7 Å². The minimum absolute atomic E-state index is 0.232. The van der Waals surface area contributed by atoms with Crippen molar-refractivity contribution in [1.82, 2.24) is 0 Å². The van der Waals surface area contributed by atoms with E-state index in [9.17, 15) is 0 Å². The lowest BCUT2D eigenvalue weighted by Crippen LogP contribution is -2.46. The van der Waals surface area contributed by atoms with Gasteiger partial charge in [-0.3, -0.25) is 4.99 Å². The summed E-state index contributed by atoms with van der Waals surface area (Å²) in [4.78, 5) is 4.93. The molecule has 0 N–H and O–H groups in total. The van der Waals surface area contributed by atoms with Gasteiger partial charge >= 0.3 is 0 Å². The second kappa shape index (κ2) is 17.5. The number of aryl methyl sites for hydroxylation is 3. The van der Waals surface area contributed by atoms with Crippen LogP contribution >= 0.6 is 0 Å². The third kappa shape index (κ3) is 7.78. The number of aliphatic imine (C=N–C) groups is 1. The first-order valence-electron chi connectivity index (χ1n) is 21.1. The number of benzene rings is 5. The fourth-order valence-corrected chi connectivity index (χ4v) is 9.35. The van der Waals surface area contributed by atoms with E-state index in [2.05, 4.69) is 214 Å². The highest BCUT2D eigenvalue weighted by Gasteiger charge is 2.42. The first-order valence-corrected chi connectivity index (χ1v) is 21.1. The number of hydrogen-bond donors (Lipinski definition) is 0. The van der Waals surface area contributed by atoms with Crippen LogP contribution in [0, 0.1) is 13.8 Å². The fraction of sp³-hybridized carbons (Fsp3) is 0.196. The monoisotopic (exact) mass is 801 g/mol. The van der Waals surface area contributed by atoms with Crippen LogP contribution in [0.4, 0.5) is 0 Å². The topological polar surface area (TPSA) is 42.5 Å². The highest BCUT2D eigenvalue weighted by molar-refractivity contribution is 6.20. The molecule has 0 radical (unpaired) electrons. The summed E-state index contributed by atoms with van der Waals surface area (Å²) in [5.74, 6) is 0. The number of hydrogen-bond acceptors (Lipinski definition) is 3. The summed E-state index contributed by atoms with van der Waals surface area (Å²) in [6, 6.07) is 51.5. The van der Waals surface area contributed by atoms with Crippen LogP contribution in [0.1, 0.15) is 58.1 Å². The predicted molar refractivity (Wildman–Crippen MR) is 250 cm³/mol. The third-order valence-corrected chi connectivity index (χ3v) is 12.6. The number of methoxy groups -OCH3 is 1. The van der Waals surface area contributed by atoms with Crippen molar-refractivity contribution in [2.45, 2.75) is 44.6 Å². The molecule has 0 aliphatic heterocycles. The molecular formula is C56H55N3O2+2. The summed E-state index contributed by atoms with van der Waals surface area (Å²) in [5, 5.41) is 2.13. The van der Waals surface area contributed by atoms with Crippen LogP contribution in [-0.4, -0.2) is 19.9 Å². The van der Waals surface area contributed by atoms with E-state index in [1.54, 1.807) is 0 Å². The van der Waals surface area contributed by atoms with E-state index in [1.165, 1.54) is 22.4 Å². The number of pyridine rings is 2. The molecule has 0 saturated heterocycles. The molecule has 0 bridgehead atoms. The van der Waals surface area contributed by atoms with Crippen LogP contribution in [0.2, 0.25) is 0 Å². The zero-order valence-electron chi connectivity index (χ0n) is 36.4. The molecule has 8 aromatic rings. The van der Waals surface area contributed by atoms with Crippen LogP contribution in [0.15, 0.2) is 192 Å². The molecule has 61 heavy (non-hydrogen) atoms. The fourth-order valence-electron chi connectivity index (χ4n) is 9.35. The van der Waals surface area contributed by atoms with Gasteiger partial charge in [0.2, 0.25) is 5.69 Å². The van der Waals surface area contributed by atoms with Gasteiger partial charge in [0.25, 0.3) is 0 Å². The number of fused-ring (bicyclic) bond motifs is 3. The van der Waals surface area contributed by atoms with E-state index in [0.717, 1.165) is 67.6 Å². The molecule has 5 nitrogen and oxygen atoms in total. The number of ether oxygens (including phenoxy) is 1. The maximum absolute atomic E-state index is 6.80. The van der Waals surface area contributed by atoms with Gasteiger partial charge in [-0.15, -0.1) is 0 Å². The van der Waals surface area contributed by atoms with Crippen molar-refractivity contribution in [1.29, 1.82) is 0 Å². The third-order valence-electron chi connectivity index (χ3n) is 12.6. The number of rotatable bonds is 13. The minimum Gasteiger partial charge on any atom is -0.455 e. The average molecular weight is 802 g/mol. The predicted octanol–water partition coefficient (Wildman–Crippen LogP) is 11.6. The lowest BCUT2D eigenvalue weighted by atomic mass is 9.74. The van der Waals surface area contributed by atoms with E-state index in [1.807, 2.05) is 26.3 Å². The van der Waals surface area contributed by atoms with Gasteiger partial charge in [0.15, 0.2) is 23.7 Å². The van der Waals surface area contributed by atoms with Gasteiger partial charge in [-0.25, -0.2) is 9.13 Å². The molecule has 0 fully saturated rings. The Bertz CT molecular complexity index is 2870. The molecule has 3 heterocycles. The quantitative estimate of drug-likeness (QED) is 0.0662. The molecule has 0 saturated carbocycles. The number of furan rings is 1. The van der Waals surface area contributed by atoms with Crippen molar-refractivity contribution in [2.24, 2.45) is 19.1 Å². The second-order valence-electron chi connectivity index (χ2n) is 16.3. The molecule has 0 amide bonds. The standard InChI is InChI=1S/C56H55N3O2/c1-40-22-13-15-26-48(40)55(3,51-29-17-20-36-58(51)5)35-19-9-12-27-49(57-4)53-41(2)44(38-47-46-25-14-16-28-50(46)61-54(47)53)39-56(60-7,52-30-18-21-37-59(52)6)45-33-31-43(32-34-45)42-23-10-8-11-24-42/h8-34,36-38H,35,39H2,1-7H3/q+2/b19-9+,27-12-,57-49?. The highest BCUT2D eigenvalue weighted by Crippen LogP contribution is 2.41. The van der Waals surface area contributed by atoms with Crippen molar-refractivity contribution in [3.05, 3.63) is 227 Å². The first-order chi connectivity index (χ1) is 29.7. The molecule has 0 aliphatic rings. The Morgan fingerprint density at radius 1 is 0.705 bits per heavy atom. The molecule has 304 valence electrons. The van der Waals surface area contributed by atoms with Crippen LogP contribution in [0.25, 0.3) is 33.1 Å². The van der Waals surface area contributed by atoms with Crippen molar-refractivity contribution in [3.63, 3.8) is 0 Å². The van der Waals surface area contributed by atoms with Crippen LogP contribution in [0.5, 0.6) is 0 Å². The van der Waals surface area contributed by atoms with Gasteiger partial charge in [0.1, 0.15) is 25.3 Å². The number of nitrogens with zero attached hydrogens (tertiary/aromatic N) is 3. The Hall–Kier alpha value is -6.69. The molecule has 0 aliphatic carbocycles. The van der Waals surface area contributed by atoms with Crippen LogP contribution in [-0.2, 0) is 36.3 Å². The summed E-state index contributed by atoms with van der Waals surface area (Å²) in [5.41, 5.74) is 13.1. The lowest BCUT2D eigenvalue weighted by Gasteiger charge is -2.32. The molecule has 8 rings (SSSR count). The molecule has 5 aromatic carbocycles. The molecule has 3 aromatic heterocycles. The Kier molecular flexibility index (Phi) is 11.8. The van der Waals surface area contributed by atoms with Crippen LogP contribution < -0.4 is 9.13 Å². The summed E-state index contributed by atoms with van der Waals surface area (Å²) in [6.07, 6.45) is 14.3. The summed E-state index contributed by atoms with van der Waals surface area (Å²) in [7, 11) is 7.92. The zero-order valence-corrected chi connectivity index (χ0v) is 36.4. The minimum atomic E-state index is -0.818. The van der Waals surface area contributed by atoms with Gasteiger partial charge in [-0.2, -0.15) is 0 Å². The van der Waals surface area contributed by atoms with Gasteiger partial charge in [-0.1, -0.05) is 121 Å². The highest BCUT2D eigenvalue weighted by atomic mass is 16.5. The SMILES string of the molecule is CN=C(/C=C\C=C\CC(C)(c1ccccc1C)c1cccc[n+]1C)c1c(C)c(CC(OC)(c2ccc(-c3ccccc3)cc2)c2cccc[n+]2C)cc2c1oc1ccccc12. The summed E-state index contributed by atoms with van der Waals surface area (Å²) >= 11 is 0. The average Bonchev–Trinajstić information content (AvgIpc) is 3.66. The molecule has 5 heteroatoms. The van der Waals surface area contributed by atoms with E-state index in [4.69, 9.17) is 14.1 Å². The zero-order chi connectivity index (χ0) is 42.6. The first kappa shape index (κ1) is 41.1. The lowest BCUT2D eigenvalue weighted by molar-refractivity contribution is -0.685. The molecule has 2 atom stereocenters. The Balaban J connectivity index is 1.21. The normalized spacial score (nSPS) is 14.2. The molecule has 2 unspecified atom stereocenters. The van der Waals surface area contributed by atoms with Gasteiger partial charge < -0.3 is 9.15 Å². The van der Waals surface area contributed by atoms with Crippen molar-refractivity contribution in [2.75, 3.05) is 14.2 Å². The number of aromatic nitrogens is 2. The Morgan fingerprint density at radius 2 is 1.34 bits per heavy atom. The van der Waals surface area contributed by atoms with Crippen LogP contribution in [0.3, 0.4) is 0 Å². The smallest absolute Gasteiger partial charge is 0.218 e. The molecule has 0 spiro atoms. The van der Waals surface area contributed by atoms with Gasteiger partial charge in [-0.05, 0) is 90.4 Å². The number of allylic oxidation sites excluding steroid dienone is 4. The molecular weight excluding hydrogens is 747 g/mol. The van der Waals surface area contributed by atoms with Gasteiger partial charge in [0, 0.05) is 61.2 Å². The second-order valence-corrected chi connectivity index (χ2v) is 16.3. The number of para-hydroxylation sites is 1. The Labute approximate surface area is 360 Å². The van der Waals surface area contributed by atoms with E-state index >= 15 is 0 Å². The summed E-state index contributed by atoms with van der Waals surface area (Å²) < 4.78 is 17.9. The summed E-state index contributed by atoms with van der Waals surface area (Å²) in [6.45, 7) is 6.75. The van der Waals surface area contributed by atoms with Gasteiger partial charge in [0.05, 0.1) is 11.1 Å². The van der Waals surface area contributed by atoms with Crippen molar-refractivity contribution < 1.29 is 18.3 Å². The largest absolute Gasteiger partial charge is 0.455 e. The Morgan fingerprint density at radius 3 is 2.03 bits per heavy atom.